The van der Waals surface area contributed by atoms with Gasteiger partial charge in [-0.3, -0.25) is 4.79 Å². The number of nitriles is 2. The van der Waals surface area contributed by atoms with Gasteiger partial charge in [0.2, 0.25) is 11.6 Å². The molecular weight excluding hydrogens is 785 g/mol. The highest BCUT2D eigenvalue weighted by Crippen LogP contribution is 2.38. The van der Waals surface area contributed by atoms with E-state index in [4.69, 9.17) is 23.3 Å². The SMILES string of the molecule is CC(C)Oc1ccc(-c2nc(-c3ccc4c(c3)CCN(CCCC(=O)Oc3cc(-c5nc(-c6ccc7c(c6)CCNCC7)no5)cc(C#N)c3OC(C)C)CC4)no2)cc1C#N. The molecule has 14 heteroatoms. The lowest BCUT2D eigenvalue weighted by atomic mass is 10.00. The molecule has 1 N–H and O–H groups in total. The van der Waals surface area contributed by atoms with E-state index in [-0.39, 0.29) is 41.6 Å². The van der Waals surface area contributed by atoms with Gasteiger partial charge in [-0.1, -0.05) is 34.6 Å². The maximum absolute atomic E-state index is 13.4. The van der Waals surface area contributed by atoms with E-state index in [0.29, 0.717) is 52.9 Å². The number of carbonyl (C=O) groups excluding carboxylic acids is 1. The van der Waals surface area contributed by atoms with E-state index in [1.165, 1.54) is 22.3 Å². The summed E-state index contributed by atoms with van der Waals surface area (Å²) in [5.74, 6) is 1.83. The van der Waals surface area contributed by atoms with Crippen LogP contribution >= 0.6 is 0 Å². The minimum Gasteiger partial charge on any atom is -0.490 e. The summed E-state index contributed by atoms with van der Waals surface area (Å²) in [4.78, 5) is 25.1. The van der Waals surface area contributed by atoms with Crippen molar-refractivity contribution in [3.8, 4) is 75.1 Å². The van der Waals surface area contributed by atoms with Crippen molar-refractivity contribution >= 4 is 5.97 Å². The lowest BCUT2D eigenvalue weighted by molar-refractivity contribution is -0.134. The Bertz CT molecular complexity index is 2670. The van der Waals surface area contributed by atoms with Crippen molar-refractivity contribution < 1.29 is 28.1 Å². The Labute approximate surface area is 360 Å². The molecule has 0 saturated heterocycles. The van der Waals surface area contributed by atoms with Gasteiger partial charge < -0.3 is 33.5 Å². The van der Waals surface area contributed by atoms with Crippen LogP contribution in [0, 0.1) is 22.7 Å². The molecule has 2 aliphatic heterocycles. The highest BCUT2D eigenvalue weighted by molar-refractivity contribution is 5.76. The zero-order chi connectivity index (χ0) is 43.2. The van der Waals surface area contributed by atoms with Crippen molar-refractivity contribution in [1.82, 2.24) is 30.5 Å². The molecule has 0 saturated carbocycles. The van der Waals surface area contributed by atoms with Gasteiger partial charge in [-0.15, -0.1) is 0 Å². The van der Waals surface area contributed by atoms with Crippen LogP contribution in [0.25, 0.3) is 45.7 Å². The van der Waals surface area contributed by atoms with Crippen molar-refractivity contribution in [1.29, 1.82) is 10.5 Å². The second-order valence-electron chi connectivity index (χ2n) is 16.1. The van der Waals surface area contributed by atoms with Crippen LogP contribution in [0.5, 0.6) is 17.2 Å². The third-order valence-electron chi connectivity index (χ3n) is 10.9. The van der Waals surface area contributed by atoms with Crippen LogP contribution in [0.2, 0.25) is 0 Å². The second-order valence-corrected chi connectivity index (χ2v) is 16.1. The Morgan fingerprint density at radius 3 is 1.94 bits per heavy atom. The van der Waals surface area contributed by atoms with E-state index < -0.39 is 5.97 Å². The van der Waals surface area contributed by atoms with Gasteiger partial charge in [-0.05, 0) is 144 Å². The molecule has 316 valence electrons. The van der Waals surface area contributed by atoms with Gasteiger partial charge in [0.15, 0.2) is 11.5 Å². The summed E-state index contributed by atoms with van der Waals surface area (Å²) in [6.45, 7) is 11.8. The molecule has 0 fully saturated rings. The Morgan fingerprint density at radius 2 is 1.27 bits per heavy atom. The van der Waals surface area contributed by atoms with Crippen LogP contribution in [0.1, 0.15) is 73.9 Å². The standard InChI is InChI=1S/C48H48N8O6/c1-29(2)58-41-12-11-37(24-39(41)27-49)47-52-45(54-61-47)36-10-8-32-15-20-56(21-16-34(32)23-36)19-5-6-43(57)60-42-26-38(25-40(28-50)44(42)59-30(3)4)48-53-46(55-62-48)35-9-7-31-13-17-51-18-14-33(31)22-35/h7-12,22-26,29-30,51H,5-6,13-21H2,1-4H3. The first-order valence-corrected chi connectivity index (χ1v) is 21.2. The molecular formula is C48H48N8O6. The Morgan fingerprint density at radius 1 is 0.694 bits per heavy atom. The molecule has 4 aromatic carbocycles. The summed E-state index contributed by atoms with van der Waals surface area (Å²) in [7, 11) is 0. The largest absolute Gasteiger partial charge is 0.490 e. The van der Waals surface area contributed by atoms with Crippen LogP contribution in [0.15, 0.2) is 75.8 Å². The number of fused-ring (bicyclic) bond motifs is 2. The molecule has 0 bridgehead atoms. The zero-order valence-corrected chi connectivity index (χ0v) is 35.4. The van der Waals surface area contributed by atoms with E-state index in [2.05, 4.69) is 66.9 Å². The van der Waals surface area contributed by atoms with Crippen molar-refractivity contribution in [3.63, 3.8) is 0 Å². The van der Waals surface area contributed by atoms with E-state index in [1.807, 2.05) is 45.9 Å². The zero-order valence-electron chi connectivity index (χ0n) is 35.4. The smallest absolute Gasteiger partial charge is 0.311 e. The minimum absolute atomic E-state index is 0.0596. The molecule has 0 atom stereocenters. The first kappa shape index (κ1) is 41.8. The number of ether oxygens (including phenoxy) is 3. The highest BCUT2D eigenvalue weighted by atomic mass is 16.6. The summed E-state index contributed by atoms with van der Waals surface area (Å²) in [5, 5.41) is 31.7. The molecule has 8 rings (SSSR count). The van der Waals surface area contributed by atoms with Crippen molar-refractivity contribution in [2.24, 2.45) is 0 Å². The van der Waals surface area contributed by atoms with Gasteiger partial charge in [0.05, 0.1) is 23.3 Å². The molecule has 2 aliphatic rings. The van der Waals surface area contributed by atoms with Gasteiger partial charge in [0, 0.05) is 41.8 Å². The number of hydrogen-bond acceptors (Lipinski definition) is 14. The number of nitrogens with zero attached hydrogens (tertiary/aromatic N) is 7. The Kier molecular flexibility index (Phi) is 12.7. The fraction of sp³-hybridized carbons (Fsp3) is 0.354. The molecule has 14 nitrogen and oxygen atoms in total. The van der Waals surface area contributed by atoms with Gasteiger partial charge in [-0.2, -0.15) is 20.5 Å². The maximum atomic E-state index is 13.4. The summed E-state index contributed by atoms with van der Waals surface area (Å²) >= 11 is 0. The Hall–Kier alpha value is -6.87. The van der Waals surface area contributed by atoms with E-state index in [9.17, 15) is 15.3 Å². The van der Waals surface area contributed by atoms with Crippen LogP contribution < -0.4 is 19.5 Å². The quantitative estimate of drug-likeness (QED) is 0.0874. The molecule has 2 aromatic heterocycles. The van der Waals surface area contributed by atoms with Crippen LogP contribution in [-0.4, -0.2) is 76.1 Å². The molecule has 4 heterocycles. The van der Waals surface area contributed by atoms with Crippen LogP contribution in [-0.2, 0) is 30.5 Å². The Balaban J connectivity index is 0.894. The van der Waals surface area contributed by atoms with Gasteiger partial charge in [0.25, 0.3) is 11.8 Å². The van der Waals surface area contributed by atoms with E-state index in [0.717, 1.165) is 63.0 Å². The van der Waals surface area contributed by atoms with Crippen LogP contribution in [0.4, 0.5) is 0 Å². The topological polar surface area (TPSA) is 185 Å². The molecule has 62 heavy (non-hydrogen) atoms. The predicted molar refractivity (Wildman–Crippen MR) is 230 cm³/mol. The first-order chi connectivity index (χ1) is 30.1. The number of esters is 1. The first-order valence-electron chi connectivity index (χ1n) is 21.2. The number of rotatable bonds is 13. The predicted octanol–water partition coefficient (Wildman–Crippen LogP) is 7.91. The fourth-order valence-corrected chi connectivity index (χ4v) is 7.83. The molecule has 6 aromatic rings. The number of aromatic nitrogens is 4. The number of hydrogen-bond donors (Lipinski definition) is 1. The number of nitrogens with one attached hydrogen (secondary N) is 1. The average molecular weight is 833 g/mol. The molecule has 0 radical (unpaired) electrons. The summed E-state index contributed by atoms with van der Waals surface area (Å²) in [6.07, 6.45) is 3.99. The summed E-state index contributed by atoms with van der Waals surface area (Å²) < 4.78 is 29.0. The fourth-order valence-electron chi connectivity index (χ4n) is 7.83. The van der Waals surface area contributed by atoms with Crippen molar-refractivity contribution in [2.75, 3.05) is 32.7 Å². The molecule has 0 spiro atoms. The lowest BCUT2D eigenvalue weighted by Gasteiger charge is -2.19. The average Bonchev–Trinajstić information content (AvgIpc) is 3.85. The van der Waals surface area contributed by atoms with Gasteiger partial charge in [-0.25, -0.2) is 0 Å². The normalized spacial score (nSPS) is 14.0. The molecule has 0 aliphatic carbocycles. The number of benzene rings is 4. The van der Waals surface area contributed by atoms with E-state index >= 15 is 0 Å². The summed E-state index contributed by atoms with van der Waals surface area (Å²) in [6, 6.07) is 25.3. The van der Waals surface area contributed by atoms with E-state index in [1.54, 1.807) is 24.3 Å². The lowest BCUT2D eigenvalue weighted by Crippen LogP contribution is -2.28. The third-order valence-corrected chi connectivity index (χ3v) is 10.9. The van der Waals surface area contributed by atoms with Crippen molar-refractivity contribution in [3.05, 3.63) is 100 Å². The van der Waals surface area contributed by atoms with Gasteiger partial charge in [0.1, 0.15) is 17.9 Å². The maximum Gasteiger partial charge on any atom is 0.311 e. The van der Waals surface area contributed by atoms with Crippen LogP contribution in [0.3, 0.4) is 0 Å². The third kappa shape index (κ3) is 9.68. The second kappa shape index (κ2) is 18.8. The van der Waals surface area contributed by atoms with Crippen molar-refractivity contribution in [2.45, 2.75) is 78.4 Å². The summed E-state index contributed by atoms with van der Waals surface area (Å²) in [5.41, 5.74) is 8.42. The monoisotopic (exact) mass is 832 g/mol. The minimum atomic E-state index is -0.434. The number of carbonyl (C=O) groups is 1. The molecule has 0 unspecified atom stereocenters. The highest BCUT2D eigenvalue weighted by Gasteiger charge is 2.23. The van der Waals surface area contributed by atoms with Gasteiger partial charge >= 0.3 is 5.97 Å². The molecule has 0 amide bonds.